The lowest BCUT2D eigenvalue weighted by Gasteiger charge is -2.21. The molecule has 1 aliphatic heterocycles. The van der Waals surface area contributed by atoms with Crippen LogP contribution in [0.4, 0.5) is 0 Å². The van der Waals surface area contributed by atoms with E-state index in [1.54, 1.807) is 18.6 Å². The van der Waals surface area contributed by atoms with Gasteiger partial charge in [-0.1, -0.05) is 41.9 Å². The Balaban J connectivity index is 1.15. The van der Waals surface area contributed by atoms with Crippen molar-refractivity contribution >= 4 is 11.6 Å². The molecule has 0 aliphatic carbocycles. The number of likely N-dealkylation sites (tertiary alicyclic amines) is 1. The maximum Gasteiger partial charge on any atom is 0.142 e. The molecule has 3 heterocycles. The van der Waals surface area contributed by atoms with Crippen LogP contribution in [0.3, 0.4) is 0 Å². The Morgan fingerprint density at radius 2 is 1.79 bits per heavy atom. The summed E-state index contributed by atoms with van der Waals surface area (Å²) in [6.45, 7) is 9.42. The number of imidazole rings is 1. The molecule has 10 nitrogen and oxygen atoms in total. The Bertz CT molecular complexity index is 2010. The molecule has 1 atom stereocenters. The molecule has 1 unspecified atom stereocenters. The van der Waals surface area contributed by atoms with E-state index in [2.05, 4.69) is 76.0 Å². The van der Waals surface area contributed by atoms with E-state index in [-0.39, 0.29) is 12.7 Å². The number of pyridine rings is 1. The average Bonchev–Trinajstić information content (AvgIpc) is 3.85. The number of hydrogen-bond donors (Lipinski definition) is 2. The van der Waals surface area contributed by atoms with Crippen LogP contribution in [0.1, 0.15) is 51.9 Å². The molecule has 5 aromatic rings. The highest BCUT2D eigenvalue weighted by molar-refractivity contribution is 6.32. The summed E-state index contributed by atoms with van der Waals surface area (Å²) in [7, 11) is 2.05. The number of ether oxygens (including phenoxy) is 3. The smallest absolute Gasteiger partial charge is 0.142 e. The Kier molecular flexibility index (Phi) is 13.0. The summed E-state index contributed by atoms with van der Waals surface area (Å²) in [5, 5.41) is 19.6. The molecule has 6 rings (SSSR count). The number of nitrogens with zero attached hydrogens (tertiary/aromatic N) is 5. The summed E-state index contributed by atoms with van der Waals surface area (Å²) in [5.41, 5.74) is 8.69. The number of aliphatic hydroxyl groups is 1. The molecule has 1 saturated heterocycles. The third-order valence-electron chi connectivity index (χ3n) is 9.71. The van der Waals surface area contributed by atoms with E-state index in [0.29, 0.717) is 41.8 Å². The highest BCUT2D eigenvalue weighted by Gasteiger charge is 2.20. The predicted molar refractivity (Wildman–Crippen MR) is 206 cm³/mol. The minimum Gasteiger partial charge on any atom is -0.493 e. The number of halogens is 1. The number of H-pyrrole nitrogens is 1. The number of aromatic nitrogens is 3. The molecule has 0 radical (unpaired) electrons. The first-order valence-electron chi connectivity index (χ1n) is 18.1. The number of benzene rings is 3. The zero-order valence-corrected chi connectivity index (χ0v) is 31.4. The van der Waals surface area contributed by atoms with Gasteiger partial charge in [0.1, 0.15) is 36.5 Å². The largest absolute Gasteiger partial charge is 0.493 e. The molecule has 11 heteroatoms. The Morgan fingerprint density at radius 3 is 2.57 bits per heavy atom. The summed E-state index contributed by atoms with van der Waals surface area (Å²) in [4.78, 5) is 16.0. The molecule has 0 saturated carbocycles. The normalized spacial score (nSPS) is 14.4. The lowest BCUT2D eigenvalue weighted by molar-refractivity contribution is 0.173. The maximum absolute atomic E-state index is 9.81. The molecule has 1 fully saturated rings. The van der Waals surface area contributed by atoms with Gasteiger partial charge in [-0.25, -0.2) is 4.98 Å². The van der Waals surface area contributed by atoms with Crippen molar-refractivity contribution < 1.29 is 19.3 Å². The number of nitriles is 1. The number of aromatic amines is 1. The van der Waals surface area contributed by atoms with Crippen LogP contribution < -0.4 is 14.2 Å². The second kappa shape index (κ2) is 18.2. The third-order valence-corrected chi connectivity index (χ3v) is 10.0. The molecule has 276 valence electrons. The van der Waals surface area contributed by atoms with Crippen LogP contribution in [-0.2, 0) is 26.2 Å². The van der Waals surface area contributed by atoms with Gasteiger partial charge in [0.15, 0.2) is 0 Å². The number of rotatable bonds is 17. The first-order chi connectivity index (χ1) is 25.8. The van der Waals surface area contributed by atoms with Gasteiger partial charge in [0.25, 0.3) is 0 Å². The van der Waals surface area contributed by atoms with E-state index >= 15 is 0 Å². The van der Waals surface area contributed by atoms with Crippen molar-refractivity contribution in [3.05, 3.63) is 124 Å². The van der Waals surface area contributed by atoms with Crippen LogP contribution in [-0.4, -0.2) is 75.8 Å². The summed E-state index contributed by atoms with van der Waals surface area (Å²) in [5.74, 6) is 2.05. The zero-order chi connectivity index (χ0) is 37.2. The molecular weight excluding hydrogens is 688 g/mol. The lowest BCUT2D eigenvalue weighted by atomic mass is 9.93. The van der Waals surface area contributed by atoms with Gasteiger partial charge in [-0.05, 0) is 79.8 Å². The van der Waals surface area contributed by atoms with Crippen LogP contribution in [0.25, 0.3) is 11.1 Å². The van der Waals surface area contributed by atoms with E-state index in [9.17, 15) is 10.4 Å². The molecule has 2 aromatic heterocycles. The van der Waals surface area contributed by atoms with Crippen LogP contribution in [0.5, 0.6) is 17.2 Å². The topological polar surface area (TPSA) is 120 Å². The number of likely N-dealkylation sites (N-methyl/N-ethyl adjacent to an activating group) is 1. The fourth-order valence-electron chi connectivity index (χ4n) is 6.67. The Hall–Kier alpha value is -4.92. The molecule has 0 bridgehead atoms. The van der Waals surface area contributed by atoms with Crippen LogP contribution in [0, 0.1) is 25.2 Å². The second-order valence-corrected chi connectivity index (χ2v) is 14.1. The average molecular weight is 735 g/mol. The minimum atomic E-state index is -0.201. The zero-order valence-electron chi connectivity index (χ0n) is 30.6. The quantitative estimate of drug-likeness (QED) is 0.0950. The standard InChI is InChI=1S/C42H47ClN6O4/c1-29-33(7-4-8-37(29)38-9-5-10-40(30(38)2)51-16-6-13-49-15-12-36(50)25-49)27-53-42-19-41(52-26-32-17-31(20-44)21-45-22-32)34(18-39(42)43)24-48(3)14-11-35-23-46-28-47-35/h4-5,7-10,17-19,21-23,28,36,50H,6,11-16,24-27H2,1-3H3,(H,46,47). The first-order valence-corrected chi connectivity index (χ1v) is 18.4. The lowest BCUT2D eigenvalue weighted by Crippen LogP contribution is -2.24. The molecule has 2 N–H and O–H groups in total. The number of nitrogens with one attached hydrogen (secondary N) is 1. The molecule has 3 aromatic carbocycles. The van der Waals surface area contributed by atoms with Crippen molar-refractivity contribution in [1.29, 1.82) is 5.26 Å². The van der Waals surface area contributed by atoms with Gasteiger partial charge in [-0.2, -0.15) is 5.26 Å². The van der Waals surface area contributed by atoms with Gasteiger partial charge >= 0.3 is 0 Å². The van der Waals surface area contributed by atoms with Crippen molar-refractivity contribution in [2.45, 2.75) is 59.0 Å². The maximum atomic E-state index is 9.81. The van der Waals surface area contributed by atoms with Crippen LogP contribution >= 0.6 is 11.6 Å². The third kappa shape index (κ3) is 10.2. The van der Waals surface area contributed by atoms with Crippen LogP contribution in [0.15, 0.2) is 79.5 Å². The van der Waals surface area contributed by atoms with E-state index in [0.717, 1.165) is 95.8 Å². The number of β-amino-alcohol motifs (C(OH)–C–C–N with tert-alkyl or cyclic N) is 1. The Morgan fingerprint density at radius 1 is 0.981 bits per heavy atom. The van der Waals surface area contributed by atoms with E-state index in [1.165, 1.54) is 6.20 Å². The molecule has 1 aliphatic rings. The van der Waals surface area contributed by atoms with Crippen molar-refractivity contribution in [2.24, 2.45) is 0 Å². The van der Waals surface area contributed by atoms with Crippen molar-refractivity contribution in [1.82, 2.24) is 24.8 Å². The van der Waals surface area contributed by atoms with Crippen molar-refractivity contribution in [3.63, 3.8) is 0 Å². The van der Waals surface area contributed by atoms with Gasteiger partial charge in [-0.15, -0.1) is 0 Å². The SMILES string of the molecule is Cc1c(COc2cc(OCc3cncc(C#N)c3)c(CN(C)CCc3c[nH]cn3)cc2Cl)cccc1-c1cccc(OCCCN2CCC(O)C2)c1C. The van der Waals surface area contributed by atoms with E-state index in [1.807, 2.05) is 30.5 Å². The molecular formula is C42H47ClN6O4. The summed E-state index contributed by atoms with van der Waals surface area (Å²) < 4.78 is 19.0. The summed E-state index contributed by atoms with van der Waals surface area (Å²) in [6, 6.07) is 20.2. The predicted octanol–water partition coefficient (Wildman–Crippen LogP) is 7.28. The first kappa shape index (κ1) is 37.8. The number of hydrogen-bond acceptors (Lipinski definition) is 9. The van der Waals surface area contributed by atoms with E-state index < -0.39 is 0 Å². The highest BCUT2D eigenvalue weighted by atomic mass is 35.5. The number of aliphatic hydroxyl groups excluding tert-OH is 1. The second-order valence-electron chi connectivity index (χ2n) is 13.7. The molecule has 0 amide bonds. The van der Waals surface area contributed by atoms with Crippen LogP contribution in [0.2, 0.25) is 5.02 Å². The van der Waals surface area contributed by atoms with Gasteiger partial charge < -0.3 is 34.1 Å². The highest BCUT2D eigenvalue weighted by Crippen LogP contribution is 2.37. The van der Waals surface area contributed by atoms with Gasteiger partial charge in [0, 0.05) is 74.9 Å². The van der Waals surface area contributed by atoms with Crippen molar-refractivity contribution in [3.8, 4) is 34.4 Å². The fourth-order valence-corrected chi connectivity index (χ4v) is 6.91. The fraction of sp³-hybridized carbons (Fsp3) is 0.357. The van der Waals surface area contributed by atoms with Gasteiger partial charge in [0.2, 0.25) is 0 Å². The van der Waals surface area contributed by atoms with Gasteiger partial charge in [0.05, 0.1) is 35.3 Å². The van der Waals surface area contributed by atoms with E-state index in [4.69, 9.17) is 25.8 Å². The minimum absolute atomic E-state index is 0.201. The molecule has 0 spiro atoms. The Labute approximate surface area is 316 Å². The molecule has 53 heavy (non-hydrogen) atoms. The van der Waals surface area contributed by atoms with Gasteiger partial charge in [-0.3, -0.25) is 4.98 Å². The monoisotopic (exact) mass is 734 g/mol. The summed E-state index contributed by atoms with van der Waals surface area (Å²) in [6.07, 6.45) is 9.19. The summed E-state index contributed by atoms with van der Waals surface area (Å²) >= 11 is 6.88. The van der Waals surface area contributed by atoms with Crippen molar-refractivity contribution in [2.75, 3.05) is 39.8 Å².